The summed E-state index contributed by atoms with van der Waals surface area (Å²) >= 11 is 0. The quantitative estimate of drug-likeness (QED) is 0.698. The van der Waals surface area contributed by atoms with Gasteiger partial charge in [-0.1, -0.05) is 20.8 Å². The van der Waals surface area contributed by atoms with Gasteiger partial charge in [-0.15, -0.1) is 0 Å². The number of hydrogen-bond acceptors (Lipinski definition) is 6. The van der Waals surface area contributed by atoms with Crippen LogP contribution >= 0.6 is 0 Å². The van der Waals surface area contributed by atoms with E-state index in [2.05, 4.69) is 47.0 Å². The van der Waals surface area contributed by atoms with Gasteiger partial charge in [0.15, 0.2) is 5.65 Å². The van der Waals surface area contributed by atoms with Crippen LogP contribution in [0.1, 0.15) is 33.6 Å². The molecule has 4 rings (SSSR count). The number of anilines is 2. The van der Waals surface area contributed by atoms with Crippen molar-refractivity contribution >= 4 is 22.9 Å². The van der Waals surface area contributed by atoms with Crippen LogP contribution < -0.4 is 15.9 Å². The van der Waals surface area contributed by atoms with Gasteiger partial charge in [-0.05, 0) is 42.4 Å². The molecule has 0 aromatic carbocycles. The van der Waals surface area contributed by atoms with Crippen LogP contribution in [0.5, 0.6) is 0 Å². The number of hydrogen-bond donors (Lipinski definition) is 1. The fourth-order valence-electron chi connectivity index (χ4n) is 4.13. The largest absolute Gasteiger partial charge is 0.356 e. The zero-order chi connectivity index (χ0) is 21.3. The first-order valence-corrected chi connectivity index (χ1v) is 10.6. The van der Waals surface area contributed by atoms with Crippen LogP contribution in [-0.2, 0) is 13.6 Å². The van der Waals surface area contributed by atoms with Gasteiger partial charge >= 0.3 is 5.69 Å². The van der Waals surface area contributed by atoms with E-state index in [-0.39, 0.29) is 11.1 Å². The molecule has 0 bridgehead atoms. The summed E-state index contributed by atoms with van der Waals surface area (Å²) in [5, 5.41) is 3.34. The molecule has 0 saturated carbocycles. The highest BCUT2D eigenvalue weighted by Gasteiger charge is 2.23. The van der Waals surface area contributed by atoms with Gasteiger partial charge in [-0.25, -0.2) is 19.7 Å². The van der Waals surface area contributed by atoms with Gasteiger partial charge in [0.2, 0.25) is 5.95 Å². The fourth-order valence-corrected chi connectivity index (χ4v) is 4.13. The molecule has 160 valence electrons. The third-order valence-electron chi connectivity index (χ3n) is 5.56. The Morgan fingerprint density at radius 3 is 2.70 bits per heavy atom. The number of nitrogens with one attached hydrogen (secondary N) is 1. The van der Waals surface area contributed by atoms with E-state index in [9.17, 15) is 4.79 Å². The van der Waals surface area contributed by atoms with Gasteiger partial charge in [-0.3, -0.25) is 9.13 Å². The van der Waals surface area contributed by atoms with Gasteiger partial charge < -0.3 is 10.2 Å². The van der Waals surface area contributed by atoms with Crippen LogP contribution in [0.4, 0.5) is 11.8 Å². The standard InChI is InChI=1S/C22H31N7O/c1-22(2,3)15-29-17-8-9-18(26-19(17)27(4)21(29)30)28-12-5-7-16(14-28)13-25-20-23-10-6-11-24-20/h6,8-11,16H,5,7,12-15H2,1-4H3,(H,23,24,25). The monoisotopic (exact) mass is 409 g/mol. The first kappa shape index (κ1) is 20.4. The van der Waals surface area contributed by atoms with Crippen molar-refractivity contribution in [3.63, 3.8) is 0 Å². The van der Waals surface area contributed by atoms with E-state index in [1.807, 2.05) is 23.7 Å². The molecule has 0 amide bonds. The van der Waals surface area contributed by atoms with E-state index < -0.39 is 0 Å². The highest BCUT2D eigenvalue weighted by Crippen LogP contribution is 2.25. The fraction of sp³-hybridized carbons (Fsp3) is 0.545. The predicted molar refractivity (Wildman–Crippen MR) is 120 cm³/mol. The van der Waals surface area contributed by atoms with Crippen LogP contribution in [-0.4, -0.2) is 43.7 Å². The Kier molecular flexibility index (Phi) is 5.49. The van der Waals surface area contributed by atoms with Gasteiger partial charge in [0.25, 0.3) is 0 Å². The Bertz CT molecular complexity index is 1060. The van der Waals surface area contributed by atoms with Crippen molar-refractivity contribution in [2.75, 3.05) is 29.9 Å². The average Bonchev–Trinajstić information content (AvgIpc) is 2.96. The van der Waals surface area contributed by atoms with Gasteiger partial charge in [-0.2, -0.15) is 0 Å². The lowest BCUT2D eigenvalue weighted by atomic mass is 9.97. The van der Waals surface area contributed by atoms with E-state index in [1.165, 1.54) is 6.42 Å². The maximum atomic E-state index is 12.8. The van der Waals surface area contributed by atoms with Gasteiger partial charge in [0.1, 0.15) is 5.82 Å². The van der Waals surface area contributed by atoms with Crippen molar-refractivity contribution in [1.29, 1.82) is 0 Å². The summed E-state index contributed by atoms with van der Waals surface area (Å²) in [6.45, 7) is 9.84. The van der Waals surface area contributed by atoms with Crippen molar-refractivity contribution in [2.24, 2.45) is 18.4 Å². The van der Waals surface area contributed by atoms with Crippen LogP contribution in [0.2, 0.25) is 0 Å². The number of piperidine rings is 1. The maximum Gasteiger partial charge on any atom is 0.330 e. The number of pyridine rings is 1. The number of rotatable bonds is 5. The molecule has 1 aliphatic rings. The molecule has 8 nitrogen and oxygen atoms in total. The molecule has 1 saturated heterocycles. The van der Waals surface area contributed by atoms with Crippen LogP contribution in [0.25, 0.3) is 11.2 Å². The molecule has 3 aromatic heterocycles. The molecule has 1 atom stereocenters. The highest BCUT2D eigenvalue weighted by molar-refractivity contribution is 5.74. The molecule has 0 aliphatic carbocycles. The maximum absolute atomic E-state index is 12.8. The molecule has 1 N–H and O–H groups in total. The Labute approximate surface area is 177 Å². The smallest absolute Gasteiger partial charge is 0.330 e. The van der Waals surface area contributed by atoms with E-state index in [1.54, 1.807) is 17.0 Å². The average molecular weight is 410 g/mol. The van der Waals surface area contributed by atoms with Crippen molar-refractivity contribution in [2.45, 2.75) is 40.2 Å². The van der Waals surface area contributed by atoms with Crippen LogP contribution in [0.15, 0.2) is 35.4 Å². The van der Waals surface area contributed by atoms with Crippen LogP contribution in [0.3, 0.4) is 0 Å². The number of nitrogens with zero attached hydrogens (tertiary/aromatic N) is 6. The SMILES string of the molecule is Cn1c(=O)n(CC(C)(C)C)c2ccc(N3CCCC(CNc4ncccn4)C3)nc21. The molecule has 1 aliphatic heterocycles. The molecule has 30 heavy (non-hydrogen) atoms. The summed E-state index contributed by atoms with van der Waals surface area (Å²) in [6.07, 6.45) is 5.78. The number of aromatic nitrogens is 5. The molecular formula is C22H31N7O. The lowest BCUT2D eigenvalue weighted by Crippen LogP contribution is -2.38. The zero-order valence-corrected chi connectivity index (χ0v) is 18.3. The molecule has 8 heteroatoms. The summed E-state index contributed by atoms with van der Waals surface area (Å²) < 4.78 is 3.51. The Balaban J connectivity index is 1.52. The zero-order valence-electron chi connectivity index (χ0n) is 18.3. The molecular weight excluding hydrogens is 378 g/mol. The van der Waals surface area contributed by atoms with Crippen molar-refractivity contribution in [3.05, 3.63) is 41.1 Å². The lowest BCUT2D eigenvalue weighted by molar-refractivity contribution is 0.342. The van der Waals surface area contributed by atoms with E-state index >= 15 is 0 Å². The normalized spacial score (nSPS) is 17.5. The summed E-state index contributed by atoms with van der Waals surface area (Å²) in [4.78, 5) is 28.5. The third kappa shape index (κ3) is 4.32. The first-order chi connectivity index (χ1) is 14.3. The summed E-state index contributed by atoms with van der Waals surface area (Å²) in [7, 11) is 1.81. The number of aryl methyl sites for hydroxylation is 1. The minimum Gasteiger partial charge on any atom is -0.356 e. The topological polar surface area (TPSA) is 80.9 Å². The Morgan fingerprint density at radius 1 is 1.20 bits per heavy atom. The second-order valence-corrected chi connectivity index (χ2v) is 9.41. The van der Waals surface area contributed by atoms with Crippen LogP contribution in [0, 0.1) is 11.3 Å². The number of imidazole rings is 1. The summed E-state index contributed by atoms with van der Waals surface area (Å²) in [5.74, 6) is 2.10. The number of fused-ring (bicyclic) bond motifs is 1. The minimum absolute atomic E-state index is 0.00634. The van der Waals surface area contributed by atoms with Gasteiger partial charge in [0, 0.05) is 45.6 Å². The van der Waals surface area contributed by atoms with E-state index in [0.29, 0.717) is 18.4 Å². The van der Waals surface area contributed by atoms with E-state index in [0.717, 1.165) is 43.0 Å². The third-order valence-corrected chi connectivity index (χ3v) is 5.56. The minimum atomic E-state index is -0.00634. The van der Waals surface area contributed by atoms with Crippen molar-refractivity contribution < 1.29 is 0 Å². The molecule has 4 heterocycles. The lowest BCUT2D eigenvalue weighted by Gasteiger charge is -2.33. The molecule has 1 fully saturated rings. The molecule has 0 spiro atoms. The molecule has 0 radical (unpaired) electrons. The van der Waals surface area contributed by atoms with E-state index in [4.69, 9.17) is 4.98 Å². The van der Waals surface area contributed by atoms with Crippen molar-refractivity contribution in [1.82, 2.24) is 24.1 Å². The molecule has 1 unspecified atom stereocenters. The Hall–Kier alpha value is -2.90. The van der Waals surface area contributed by atoms with Gasteiger partial charge in [0.05, 0.1) is 5.52 Å². The highest BCUT2D eigenvalue weighted by atomic mass is 16.1. The summed E-state index contributed by atoms with van der Waals surface area (Å²) in [5.41, 5.74) is 1.66. The molecule has 3 aromatic rings. The first-order valence-electron chi connectivity index (χ1n) is 10.6. The predicted octanol–water partition coefficient (Wildman–Crippen LogP) is 2.90. The van der Waals surface area contributed by atoms with Crippen molar-refractivity contribution in [3.8, 4) is 0 Å². The summed E-state index contributed by atoms with van der Waals surface area (Å²) in [6, 6.07) is 5.92. The Morgan fingerprint density at radius 2 is 1.97 bits per heavy atom. The second-order valence-electron chi connectivity index (χ2n) is 9.41. The second kappa shape index (κ2) is 8.08.